The van der Waals surface area contributed by atoms with Gasteiger partial charge in [0.25, 0.3) is 5.69 Å². The number of thiazole rings is 1. The molecule has 0 radical (unpaired) electrons. The van der Waals surface area contributed by atoms with Gasteiger partial charge in [0.2, 0.25) is 5.91 Å². The maximum atomic E-state index is 12.9. The highest BCUT2D eigenvalue weighted by atomic mass is 32.2. The molecule has 0 aliphatic rings. The van der Waals surface area contributed by atoms with Crippen LogP contribution in [0.1, 0.15) is 6.42 Å². The minimum Gasteiger partial charge on any atom is -0.494 e. The van der Waals surface area contributed by atoms with E-state index in [-0.39, 0.29) is 27.9 Å². The molecular formula is C17H14FN3O6S2. The number of amides is 1. The lowest BCUT2D eigenvalue weighted by Crippen LogP contribution is -2.17. The molecule has 0 aliphatic carbocycles. The molecule has 0 saturated heterocycles. The Balaban J connectivity index is 1.73. The predicted molar refractivity (Wildman–Crippen MR) is 105 cm³/mol. The number of rotatable bonds is 7. The van der Waals surface area contributed by atoms with Crippen LogP contribution in [0.25, 0.3) is 10.2 Å². The molecule has 3 aromatic rings. The fraction of sp³-hybridized carbons (Fsp3) is 0.176. The molecule has 0 fully saturated rings. The number of benzene rings is 2. The third kappa shape index (κ3) is 4.66. The van der Waals surface area contributed by atoms with Crippen molar-refractivity contribution in [2.45, 2.75) is 11.3 Å². The molecule has 0 unspecified atom stereocenters. The highest BCUT2D eigenvalue weighted by molar-refractivity contribution is 7.91. The van der Waals surface area contributed by atoms with Gasteiger partial charge in [0.15, 0.2) is 20.7 Å². The van der Waals surface area contributed by atoms with Crippen molar-refractivity contribution in [3.05, 3.63) is 52.3 Å². The number of halogens is 1. The summed E-state index contributed by atoms with van der Waals surface area (Å²) in [4.78, 5) is 26.7. The molecule has 1 heterocycles. The Bertz CT molecular complexity index is 1190. The first-order valence-corrected chi connectivity index (χ1v) is 10.6. The molecule has 2 aromatic carbocycles. The number of nitrogens with one attached hydrogen (secondary N) is 1. The number of methoxy groups -OCH3 is 1. The summed E-state index contributed by atoms with van der Waals surface area (Å²) in [6.45, 7) is 0. The Labute approximate surface area is 168 Å². The van der Waals surface area contributed by atoms with Crippen molar-refractivity contribution in [2.24, 2.45) is 0 Å². The van der Waals surface area contributed by atoms with E-state index in [0.717, 1.165) is 35.6 Å². The van der Waals surface area contributed by atoms with Gasteiger partial charge in [0.05, 0.1) is 33.4 Å². The van der Waals surface area contributed by atoms with E-state index in [1.807, 2.05) is 0 Å². The average molecular weight is 439 g/mol. The molecule has 152 valence electrons. The van der Waals surface area contributed by atoms with Crippen molar-refractivity contribution >= 4 is 48.1 Å². The van der Waals surface area contributed by atoms with Gasteiger partial charge in [0, 0.05) is 12.5 Å². The zero-order valence-corrected chi connectivity index (χ0v) is 16.5. The number of hydrogen-bond acceptors (Lipinski definition) is 8. The van der Waals surface area contributed by atoms with Crippen LogP contribution in [0, 0.1) is 15.9 Å². The van der Waals surface area contributed by atoms with Crippen LogP contribution >= 0.6 is 11.3 Å². The lowest BCUT2D eigenvalue weighted by atomic mass is 10.3. The summed E-state index contributed by atoms with van der Waals surface area (Å²) in [6.07, 6.45) is -0.340. The minimum absolute atomic E-state index is 0.0799. The molecule has 9 nitrogen and oxygen atoms in total. The highest BCUT2D eigenvalue weighted by Crippen LogP contribution is 2.36. The van der Waals surface area contributed by atoms with Gasteiger partial charge in [-0.3, -0.25) is 14.9 Å². The second-order valence-corrected chi connectivity index (χ2v) is 8.98. The van der Waals surface area contributed by atoms with Crippen LogP contribution in [0.4, 0.5) is 15.2 Å². The van der Waals surface area contributed by atoms with Crippen molar-refractivity contribution in [3.63, 3.8) is 0 Å². The second-order valence-electron chi connectivity index (χ2n) is 5.84. The summed E-state index contributed by atoms with van der Waals surface area (Å²) >= 11 is 0.999. The third-order valence-electron chi connectivity index (χ3n) is 3.89. The van der Waals surface area contributed by atoms with Crippen molar-refractivity contribution in [1.82, 2.24) is 4.98 Å². The number of aromatic nitrogens is 1. The lowest BCUT2D eigenvalue weighted by molar-refractivity contribution is -0.384. The molecule has 0 saturated carbocycles. The Morgan fingerprint density at radius 2 is 2.00 bits per heavy atom. The number of nitro benzene ring substituents is 1. The van der Waals surface area contributed by atoms with E-state index in [9.17, 15) is 27.7 Å². The molecule has 29 heavy (non-hydrogen) atoms. The number of hydrogen-bond donors (Lipinski definition) is 1. The van der Waals surface area contributed by atoms with Crippen molar-refractivity contribution in [1.29, 1.82) is 0 Å². The van der Waals surface area contributed by atoms with Gasteiger partial charge in [-0.1, -0.05) is 11.3 Å². The summed E-state index contributed by atoms with van der Waals surface area (Å²) in [7, 11) is -2.41. The van der Waals surface area contributed by atoms with Crippen molar-refractivity contribution in [2.75, 3.05) is 18.2 Å². The van der Waals surface area contributed by atoms with Crippen molar-refractivity contribution in [3.8, 4) is 5.75 Å². The SMILES string of the molecule is COc1cc([N+](=O)[O-])cc2sc(NC(=O)CCS(=O)(=O)c3ccc(F)cc3)nc12. The van der Waals surface area contributed by atoms with Crippen LogP contribution in [0.15, 0.2) is 41.3 Å². The van der Waals surface area contributed by atoms with Gasteiger partial charge >= 0.3 is 0 Å². The van der Waals surface area contributed by atoms with Gasteiger partial charge in [-0.05, 0) is 24.3 Å². The number of ether oxygens (including phenoxy) is 1. The summed E-state index contributed by atoms with van der Waals surface area (Å²) in [5, 5.41) is 13.6. The van der Waals surface area contributed by atoms with Gasteiger partial charge < -0.3 is 10.1 Å². The van der Waals surface area contributed by atoms with Crippen LogP contribution < -0.4 is 10.1 Å². The summed E-state index contributed by atoms with van der Waals surface area (Å²) in [5.41, 5.74) is 0.165. The Hall–Kier alpha value is -3.12. The van der Waals surface area contributed by atoms with Crippen LogP contribution in [-0.2, 0) is 14.6 Å². The largest absolute Gasteiger partial charge is 0.494 e. The molecule has 3 rings (SSSR count). The maximum absolute atomic E-state index is 12.9. The Morgan fingerprint density at radius 3 is 2.62 bits per heavy atom. The topological polar surface area (TPSA) is 128 Å². The minimum atomic E-state index is -3.75. The zero-order valence-electron chi connectivity index (χ0n) is 14.9. The molecule has 0 spiro atoms. The summed E-state index contributed by atoms with van der Waals surface area (Å²) in [6, 6.07) is 6.86. The normalized spacial score (nSPS) is 11.4. The molecule has 12 heteroatoms. The summed E-state index contributed by atoms with van der Waals surface area (Å²) < 4.78 is 42.9. The van der Waals surface area contributed by atoms with Gasteiger partial charge in [-0.15, -0.1) is 0 Å². The third-order valence-corrected chi connectivity index (χ3v) is 6.54. The Morgan fingerprint density at radius 1 is 1.31 bits per heavy atom. The monoisotopic (exact) mass is 439 g/mol. The van der Waals surface area contributed by atoms with Gasteiger partial charge in [-0.25, -0.2) is 17.8 Å². The number of sulfone groups is 1. The standard InChI is InChI=1S/C17H14FN3O6S2/c1-27-13-8-11(21(23)24)9-14-16(13)20-17(28-14)19-15(22)6-7-29(25,26)12-4-2-10(18)3-5-12/h2-5,8-9H,6-7H2,1H3,(H,19,20,22). The maximum Gasteiger partial charge on any atom is 0.274 e. The second kappa shape index (κ2) is 8.09. The smallest absolute Gasteiger partial charge is 0.274 e. The number of nitrogens with zero attached hydrogens (tertiary/aromatic N) is 2. The molecule has 1 aromatic heterocycles. The first-order chi connectivity index (χ1) is 13.7. The number of nitro groups is 1. The number of carbonyl (C=O) groups is 1. The van der Waals surface area contributed by atoms with E-state index in [0.29, 0.717) is 10.2 Å². The average Bonchev–Trinajstić information content (AvgIpc) is 3.08. The van der Waals surface area contributed by atoms with E-state index in [4.69, 9.17) is 4.74 Å². The van der Waals surface area contributed by atoms with Crippen LogP contribution in [0.3, 0.4) is 0 Å². The van der Waals surface area contributed by atoms with E-state index in [1.165, 1.54) is 19.2 Å². The summed E-state index contributed by atoms with van der Waals surface area (Å²) in [5.74, 6) is -1.44. The van der Waals surface area contributed by atoms with Crippen LogP contribution in [-0.4, -0.2) is 37.1 Å². The molecular weight excluding hydrogens is 425 g/mol. The molecule has 0 aliphatic heterocycles. The fourth-order valence-electron chi connectivity index (χ4n) is 2.47. The fourth-order valence-corrected chi connectivity index (χ4v) is 4.64. The first-order valence-electron chi connectivity index (χ1n) is 8.11. The first kappa shape index (κ1) is 20.6. The van der Waals surface area contributed by atoms with E-state index in [1.54, 1.807) is 0 Å². The molecule has 1 amide bonds. The quantitative estimate of drug-likeness (QED) is 0.340. The number of carbonyl (C=O) groups excluding carboxylic acids is 1. The Kier molecular flexibility index (Phi) is 5.75. The van der Waals surface area contributed by atoms with Gasteiger partial charge in [0.1, 0.15) is 11.3 Å². The van der Waals surface area contributed by atoms with E-state index < -0.39 is 32.2 Å². The van der Waals surface area contributed by atoms with E-state index >= 15 is 0 Å². The lowest BCUT2D eigenvalue weighted by Gasteiger charge is -2.04. The number of fused-ring (bicyclic) bond motifs is 1. The molecule has 0 atom stereocenters. The zero-order chi connectivity index (χ0) is 21.2. The molecule has 1 N–H and O–H groups in total. The number of anilines is 1. The predicted octanol–water partition coefficient (Wildman–Crippen LogP) is 3.15. The van der Waals surface area contributed by atoms with Crippen LogP contribution in [0.5, 0.6) is 5.75 Å². The van der Waals surface area contributed by atoms with Crippen molar-refractivity contribution < 1.29 is 27.3 Å². The number of non-ortho nitro benzene ring substituents is 1. The van der Waals surface area contributed by atoms with Crippen LogP contribution in [0.2, 0.25) is 0 Å². The van der Waals surface area contributed by atoms with E-state index in [2.05, 4.69) is 10.3 Å². The highest BCUT2D eigenvalue weighted by Gasteiger charge is 2.19. The molecule has 0 bridgehead atoms. The van der Waals surface area contributed by atoms with Gasteiger partial charge in [-0.2, -0.15) is 0 Å².